The van der Waals surface area contributed by atoms with Gasteiger partial charge in [-0.05, 0) is 23.8 Å². The Kier molecular flexibility index (Phi) is 6.03. The largest absolute Gasteiger partial charge is 0.342 e. The minimum Gasteiger partial charge on any atom is -0.342 e. The number of rotatable bonds is 3. The molecule has 0 aliphatic carbocycles. The van der Waals surface area contributed by atoms with Crippen LogP contribution < -0.4 is 5.73 Å². The van der Waals surface area contributed by atoms with E-state index in [0.717, 1.165) is 25.1 Å². The van der Waals surface area contributed by atoms with Crippen LogP contribution in [0.2, 0.25) is 0 Å². The predicted molar refractivity (Wildman–Crippen MR) is 85.1 cm³/mol. The lowest BCUT2D eigenvalue weighted by Crippen LogP contribution is -2.46. The second kappa shape index (κ2) is 7.09. The summed E-state index contributed by atoms with van der Waals surface area (Å²) in [5, 5.41) is 0. The first-order valence-electron chi connectivity index (χ1n) is 7.07. The second-order valence-electron chi connectivity index (χ2n) is 6.23. The third-order valence-corrected chi connectivity index (χ3v) is 3.95. The zero-order chi connectivity index (χ0) is 13.9. The Balaban J connectivity index is 0.00000200. The first kappa shape index (κ1) is 17.0. The molecule has 1 fully saturated rings. The third kappa shape index (κ3) is 3.97. The van der Waals surface area contributed by atoms with Crippen molar-refractivity contribution < 1.29 is 4.79 Å². The van der Waals surface area contributed by atoms with E-state index in [1.165, 1.54) is 6.42 Å². The number of benzene rings is 1. The topological polar surface area (TPSA) is 46.3 Å². The van der Waals surface area contributed by atoms with E-state index in [1.54, 1.807) is 0 Å². The summed E-state index contributed by atoms with van der Waals surface area (Å²) < 4.78 is 0. The van der Waals surface area contributed by atoms with Crippen LogP contribution in [0.3, 0.4) is 0 Å². The Labute approximate surface area is 127 Å². The van der Waals surface area contributed by atoms with E-state index in [2.05, 4.69) is 13.8 Å². The van der Waals surface area contributed by atoms with Crippen molar-refractivity contribution >= 4 is 18.3 Å². The summed E-state index contributed by atoms with van der Waals surface area (Å²) in [5.74, 6) is -0.0171. The lowest BCUT2D eigenvalue weighted by molar-refractivity contribution is -0.135. The van der Waals surface area contributed by atoms with Crippen LogP contribution in [0.5, 0.6) is 0 Å². The highest BCUT2D eigenvalue weighted by Crippen LogP contribution is 2.30. The molecule has 1 atom stereocenters. The lowest BCUT2D eigenvalue weighted by Gasteiger charge is -2.39. The van der Waals surface area contributed by atoms with Crippen molar-refractivity contribution in [1.29, 1.82) is 0 Å². The average molecular weight is 297 g/mol. The van der Waals surface area contributed by atoms with Gasteiger partial charge >= 0.3 is 0 Å². The zero-order valence-electron chi connectivity index (χ0n) is 12.3. The fraction of sp³-hybridized carbons (Fsp3) is 0.562. The molecule has 0 saturated carbocycles. The highest BCUT2D eigenvalue weighted by atomic mass is 35.5. The van der Waals surface area contributed by atoms with Gasteiger partial charge in [-0.1, -0.05) is 44.2 Å². The summed E-state index contributed by atoms with van der Waals surface area (Å²) in [6.45, 7) is 6.54. The average Bonchev–Trinajstić information content (AvgIpc) is 2.39. The molecule has 0 bridgehead atoms. The van der Waals surface area contributed by atoms with Crippen LogP contribution in [0.25, 0.3) is 0 Å². The number of carbonyl (C=O) groups is 1. The minimum absolute atomic E-state index is 0. The maximum Gasteiger partial charge on any atom is 0.231 e. The van der Waals surface area contributed by atoms with E-state index in [4.69, 9.17) is 5.73 Å². The number of carbonyl (C=O) groups excluding carboxylic acids is 1. The van der Waals surface area contributed by atoms with Crippen molar-refractivity contribution in [2.75, 3.05) is 19.6 Å². The van der Waals surface area contributed by atoms with Crippen LogP contribution in [0.4, 0.5) is 0 Å². The van der Waals surface area contributed by atoms with Gasteiger partial charge in [0.2, 0.25) is 5.91 Å². The van der Waals surface area contributed by atoms with Crippen molar-refractivity contribution in [2.24, 2.45) is 11.1 Å². The molecule has 2 N–H and O–H groups in total. The summed E-state index contributed by atoms with van der Waals surface area (Å²) >= 11 is 0. The molecule has 1 aromatic rings. The van der Waals surface area contributed by atoms with Gasteiger partial charge in [0, 0.05) is 19.6 Å². The summed E-state index contributed by atoms with van der Waals surface area (Å²) in [5.41, 5.74) is 7.08. The normalized spacial score (nSPS) is 19.1. The fourth-order valence-corrected chi connectivity index (χ4v) is 2.90. The molecule has 0 spiro atoms. The zero-order valence-corrected chi connectivity index (χ0v) is 13.2. The van der Waals surface area contributed by atoms with Gasteiger partial charge in [-0.25, -0.2) is 0 Å². The van der Waals surface area contributed by atoms with E-state index in [-0.39, 0.29) is 29.6 Å². The smallest absolute Gasteiger partial charge is 0.231 e. The van der Waals surface area contributed by atoms with E-state index in [0.29, 0.717) is 6.54 Å². The summed E-state index contributed by atoms with van der Waals surface area (Å²) in [4.78, 5) is 14.7. The van der Waals surface area contributed by atoms with Crippen LogP contribution in [0.15, 0.2) is 30.3 Å². The summed E-state index contributed by atoms with van der Waals surface area (Å²) in [6.07, 6.45) is 2.28. The molecule has 112 valence electrons. The van der Waals surface area contributed by atoms with E-state index in [1.807, 2.05) is 35.2 Å². The molecule has 1 heterocycles. The van der Waals surface area contributed by atoms with Crippen LogP contribution in [-0.2, 0) is 4.79 Å². The van der Waals surface area contributed by atoms with Crippen LogP contribution in [0.1, 0.15) is 38.2 Å². The molecule has 20 heavy (non-hydrogen) atoms. The number of nitrogens with zero attached hydrogens (tertiary/aromatic N) is 1. The number of halogens is 1. The monoisotopic (exact) mass is 296 g/mol. The summed E-state index contributed by atoms with van der Waals surface area (Å²) in [7, 11) is 0. The van der Waals surface area contributed by atoms with Gasteiger partial charge in [-0.2, -0.15) is 0 Å². The molecular formula is C16H25ClN2O. The summed E-state index contributed by atoms with van der Waals surface area (Å²) in [6, 6.07) is 9.87. The molecule has 1 saturated heterocycles. The quantitative estimate of drug-likeness (QED) is 0.932. The molecule has 1 aromatic carbocycles. The van der Waals surface area contributed by atoms with Gasteiger partial charge < -0.3 is 10.6 Å². The van der Waals surface area contributed by atoms with Gasteiger partial charge in [0.05, 0.1) is 5.92 Å². The van der Waals surface area contributed by atoms with Gasteiger partial charge in [-0.15, -0.1) is 12.4 Å². The van der Waals surface area contributed by atoms with Gasteiger partial charge in [0.15, 0.2) is 0 Å². The Morgan fingerprint density at radius 3 is 2.55 bits per heavy atom. The Morgan fingerprint density at radius 2 is 2.00 bits per heavy atom. The van der Waals surface area contributed by atoms with Crippen LogP contribution in [0, 0.1) is 5.41 Å². The number of hydrogen-bond acceptors (Lipinski definition) is 2. The van der Waals surface area contributed by atoms with E-state index >= 15 is 0 Å². The first-order chi connectivity index (χ1) is 9.03. The highest BCUT2D eigenvalue weighted by molar-refractivity contribution is 5.85. The van der Waals surface area contributed by atoms with E-state index < -0.39 is 0 Å². The molecule has 1 aliphatic rings. The van der Waals surface area contributed by atoms with Gasteiger partial charge in [-0.3, -0.25) is 4.79 Å². The molecule has 1 unspecified atom stereocenters. The Bertz CT molecular complexity index is 433. The maximum atomic E-state index is 12.7. The predicted octanol–water partition coefficient (Wildman–Crippen LogP) is 2.80. The van der Waals surface area contributed by atoms with Gasteiger partial charge in [0.1, 0.15) is 0 Å². The third-order valence-electron chi connectivity index (χ3n) is 3.95. The van der Waals surface area contributed by atoms with Crippen molar-refractivity contribution in [2.45, 2.75) is 32.6 Å². The molecular weight excluding hydrogens is 272 g/mol. The number of piperidine rings is 1. The van der Waals surface area contributed by atoms with E-state index in [9.17, 15) is 4.79 Å². The maximum absolute atomic E-state index is 12.7. The highest BCUT2D eigenvalue weighted by Gasteiger charge is 2.32. The molecule has 3 nitrogen and oxygen atoms in total. The van der Waals surface area contributed by atoms with Crippen LogP contribution in [-0.4, -0.2) is 30.4 Å². The molecule has 0 radical (unpaired) electrons. The van der Waals surface area contributed by atoms with Crippen molar-refractivity contribution in [3.63, 3.8) is 0 Å². The second-order valence-corrected chi connectivity index (χ2v) is 6.23. The van der Waals surface area contributed by atoms with Crippen molar-refractivity contribution in [3.8, 4) is 0 Å². The minimum atomic E-state index is -0.199. The first-order valence-corrected chi connectivity index (χ1v) is 7.07. The molecule has 0 aromatic heterocycles. The Hall–Kier alpha value is -1.06. The molecule has 4 heteroatoms. The van der Waals surface area contributed by atoms with Crippen molar-refractivity contribution in [1.82, 2.24) is 4.90 Å². The number of amides is 1. The van der Waals surface area contributed by atoms with Crippen molar-refractivity contribution in [3.05, 3.63) is 35.9 Å². The number of nitrogens with two attached hydrogens (primary N) is 1. The Morgan fingerprint density at radius 1 is 1.35 bits per heavy atom. The fourth-order valence-electron chi connectivity index (χ4n) is 2.90. The van der Waals surface area contributed by atoms with Gasteiger partial charge in [0.25, 0.3) is 0 Å². The standard InChI is InChI=1S/C16H24N2O.ClH/c1-16(2)9-6-10-18(12-16)15(19)14(11-17)13-7-4-3-5-8-13;/h3-5,7-8,14H,6,9-12,17H2,1-2H3;1H. The van der Waals surface area contributed by atoms with Crippen LogP contribution >= 0.6 is 12.4 Å². The number of likely N-dealkylation sites (tertiary alicyclic amines) is 1. The SMILES string of the molecule is CC1(C)CCCN(C(=O)C(CN)c2ccccc2)C1.Cl. The number of hydrogen-bond donors (Lipinski definition) is 1. The molecule has 2 rings (SSSR count). The lowest BCUT2D eigenvalue weighted by atomic mass is 9.83. The molecule has 1 amide bonds. The molecule has 1 aliphatic heterocycles.